The predicted octanol–water partition coefficient (Wildman–Crippen LogP) is 3.51. The Bertz CT molecular complexity index is 1020. The average molecular weight is 378 g/mol. The van der Waals surface area contributed by atoms with Crippen molar-refractivity contribution < 1.29 is 14.3 Å². The fraction of sp³-hybridized carbons (Fsp3) is 0.333. The molecule has 0 aliphatic heterocycles. The standard InChI is InChI=1S/C21H22N4O3/c1-28-19(26)10-14-5-4-6-16(9-14)24-21(27)15-11-18-20(22-12-15)25(13-23-18)17-7-2-3-8-17/h4-6,9,11-13,17H,2-3,7-8,10H2,1H3,(H,24,27). The highest BCUT2D eigenvalue weighted by atomic mass is 16.5. The van der Waals surface area contributed by atoms with Gasteiger partial charge in [0.1, 0.15) is 5.52 Å². The first-order valence-corrected chi connectivity index (χ1v) is 9.44. The van der Waals surface area contributed by atoms with E-state index in [0.29, 0.717) is 17.3 Å². The van der Waals surface area contributed by atoms with Gasteiger partial charge in [-0.2, -0.15) is 0 Å². The van der Waals surface area contributed by atoms with Gasteiger partial charge in [-0.15, -0.1) is 0 Å². The quantitative estimate of drug-likeness (QED) is 0.687. The second-order valence-corrected chi connectivity index (χ2v) is 7.06. The molecule has 4 rings (SSSR count). The molecular weight excluding hydrogens is 356 g/mol. The monoisotopic (exact) mass is 378 g/mol. The molecule has 1 aliphatic rings. The van der Waals surface area contributed by atoms with Crippen molar-refractivity contribution >= 4 is 28.7 Å². The van der Waals surface area contributed by atoms with Crippen molar-refractivity contribution in [1.29, 1.82) is 0 Å². The van der Waals surface area contributed by atoms with Crippen molar-refractivity contribution in [2.75, 3.05) is 12.4 Å². The van der Waals surface area contributed by atoms with Crippen LogP contribution in [-0.2, 0) is 16.0 Å². The fourth-order valence-corrected chi connectivity index (χ4v) is 3.69. The van der Waals surface area contributed by atoms with Crippen molar-refractivity contribution in [1.82, 2.24) is 14.5 Å². The number of fused-ring (bicyclic) bond motifs is 1. The Balaban J connectivity index is 1.51. The van der Waals surface area contributed by atoms with Crippen LogP contribution in [0.3, 0.4) is 0 Å². The number of esters is 1. The van der Waals surface area contributed by atoms with E-state index in [9.17, 15) is 9.59 Å². The first-order chi connectivity index (χ1) is 13.6. The average Bonchev–Trinajstić information content (AvgIpc) is 3.37. The van der Waals surface area contributed by atoms with Crippen LogP contribution in [0.25, 0.3) is 11.2 Å². The molecule has 2 aromatic heterocycles. The van der Waals surface area contributed by atoms with Gasteiger partial charge in [-0.25, -0.2) is 9.97 Å². The Kier molecular flexibility index (Phi) is 5.06. The zero-order valence-corrected chi connectivity index (χ0v) is 15.7. The number of rotatable bonds is 5. The maximum absolute atomic E-state index is 12.6. The number of amides is 1. The fourth-order valence-electron chi connectivity index (χ4n) is 3.69. The molecule has 28 heavy (non-hydrogen) atoms. The summed E-state index contributed by atoms with van der Waals surface area (Å²) in [6, 6.07) is 9.36. The smallest absolute Gasteiger partial charge is 0.309 e. The zero-order chi connectivity index (χ0) is 19.5. The summed E-state index contributed by atoms with van der Waals surface area (Å²) in [7, 11) is 1.35. The number of ether oxygens (including phenoxy) is 1. The first kappa shape index (κ1) is 18.2. The number of aromatic nitrogens is 3. The summed E-state index contributed by atoms with van der Waals surface area (Å²) in [6.07, 6.45) is 8.34. The Morgan fingerprint density at radius 1 is 1.21 bits per heavy atom. The van der Waals surface area contributed by atoms with Crippen LogP contribution in [0.4, 0.5) is 5.69 Å². The van der Waals surface area contributed by atoms with Gasteiger partial charge in [-0.05, 0) is 36.6 Å². The zero-order valence-electron chi connectivity index (χ0n) is 15.7. The van der Waals surface area contributed by atoms with Crippen LogP contribution in [0.1, 0.15) is 47.6 Å². The van der Waals surface area contributed by atoms with Gasteiger partial charge in [0.05, 0.1) is 25.4 Å². The SMILES string of the molecule is COC(=O)Cc1cccc(NC(=O)c2cnc3c(c2)ncn3C2CCCC2)c1. The van der Waals surface area contributed by atoms with E-state index in [0.717, 1.165) is 29.6 Å². The minimum atomic E-state index is -0.323. The van der Waals surface area contributed by atoms with Gasteiger partial charge in [0, 0.05) is 17.9 Å². The minimum absolute atomic E-state index is 0.159. The maximum Gasteiger partial charge on any atom is 0.309 e. The molecule has 1 amide bonds. The van der Waals surface area contributed by atoms with Gasteiger partial charge in [0.15, 0.2) is 5.65 Å². The van der Waals surface area contributed by atoms with Crippen LogP contribution in [0, 0.1) is 0 Å². The first-order valence-electron chi connectivity index (χ1n) is 9.44. The second-order valence-electron chi connectivity index (χ2n) is 7.06. The van der Waals surface area contributed by atoms with E-state index in [4.69, 9.17) is 0 Å². The number of imidazole rings is 1. The molecule has 1 saturated carbocycles. The maximum atomic E-state index is 12.6. The molecule has 2 heterocycles. The third-order valence-corrected chi connectivity index (χ3v) is 5.15. The Morgan fingerprint density at radius 2 is 2.04 bits per heavy atom. The highest BCUT2D eigenvalue weighted by Gasteiger charge is 2.20. The molecule has 1 fully saturated rings. The van der Waals surface area contributed by atoms with Crippen molar-refractivity contribution in [3.05, 3.63) is 54.0 Å². The number of hydrogen-bond donors (Lipinski definition) is 1. The summed E-state index contributed by atoms with van der Waals surface area (Å²) in [6.45, 7) is 0. The lowest BCUT2D eigenvalue weighted by Crippen LogP contribution is -2.13. The highest BCUT2D eigenvalue weighted by molar-refractivity contribution is 6.05. The van der Waals surface area contributed by atoms with Crippen molar-refractivity contribution in [3.8, 4) is 0 Å². The lowest BCUT2D eigenvalue weighted by molar-refractivity contribution is -0.139. The number of nitrogens with one attached hydrogen (secondary N) is 1. The third kappa shape index (κ3) is 3.74. The van der Waals surface area contributed by atoms with Crippen LogP contribution in [0.5, 0.6) is 0 Å². The van der Waals surface area contributed by atoms with Crippen molar-refractivity contribution in [3.63, 3.8) is 0 Å². The minimum Gasteiger partial charge on any atom is -0.469 e. The van der Waals surface area contributed by atoms with E-state index in [1.807, 2.05) is 12.4 Å². The molecule has 0 bridgehead atoms. The summed E-state index contributed by atoms with van der Waals surface area (Å²) in [5.74, 6) is -0.587. The summed E-state index contributed by atoms with van der Waals surface area (Å²) in [5.41, 5.74) is 3.38. The number of carbonyl (C=O) groups is 2. The molecule has 0 spiro atoms. The highest BCUT2D eigenvalue weighted by Crippen LogP contribution is 2.31. The lowest BCUT2D eigenvalue weighted by atomic mass is 10.1. The van der Waals surface area contributed by atoms with E-state index in [1.165, 1.54) is 20.0 Å². The largest absolute Gasteiger partial charge is 0.469 e. The molecule has 1 N–H and O–H groups in total. The van der Waals surface area contributed by atoms with E-state index < -0.39 is 0 Å². The molecule has 7 heteroatoms. The molecule has 0 saturated heterocycles. The number of methoxy groups -OCH3 is 1. The number of benzene rings is 1. The Labute approximate surface area is 162 Å². The molecule has 0 unspecified atom stereocenters. The normalized spacial score (nSPS) is 14.3. The third-order valence-electron chi connectivity index (χ3n) is 5.15. The second kappa shape index (κ2) is 7.80. The van der Waals surface area contributed by atoms with Crippen LogP contribution in [-0.4, -0.2) is 33.5 Å². The van der Waals surface area contributed by atoms with Gasteiger partial charge >= 0.3 is 5.97 Å². The van der Waals surface area contributed by atoms with Gasteiger partial charge in [-0.3, -0.25) is 9.59 Å². The van der Waals surface area contributed by atoms with E-state index in [1.54, 1.807) is 30.5 Å². The van der Waals surface area contributed by atoms with E-state index >= 15 is 0 Å². The Morgan fingerprint density at radius 3 is 2.82 bits per heavy atom. The summed E-state index contributed by atoms with van der Waals surface area (Å²) in [5, 5.41) is 2.85. The van der Waals surface area contributed by atoms with Crippen LogP contribution in [0.15, 0.2) is 42.9 Å². The molecule has 1 aromatic carbocycles. The van der Waals surface area contributed by atoms with Crippen LogP contribution < -0.4 is 5.32 Å². The number of hydrogen-bond acceptors (Lipinski definition) is 5. The van der Waals surface area contributed by atoms with Crippen molar-refractivity contribution in [2.45, 2.75) is 38.1 Å². The molecule has 0 radical (unpaired) electrons. The van der Waals surface area contributed by atoms with Gasteiger partial charge < -0.3 is 14.6 Å². The molecule has 1 aliphatic carbocycles. The van der Waals surface area contributed by atoms with Crippen LogP contribution in [0.2, 0.25) is 0 Å². The molecular formula is C21H22N4O3. The lowest BCUT2D eigenvalue weighted by Gasteiger charge is -2.11. The van der Waals surface area contributed by atoms with E-state index in [2.05, 4.69) is 24.6 Å². The molecule has 144 valence electrons. The van der Waals surface area contributed by atoms with Gasteiger partial charge in [-0.1, -0.05) is 25.0 Å². The number of nitrogens with zero attached hydrogens (tertiary/aromatic N) is 3. The van der Waals surface area contributed by atoms with Crippen LogP contribution >= 0.6 is 0 Å². The van der Waals surface area contributed by atoms with Gasteiger partial charge in [0.25, 0.3) is 5.91 Å². The predicted molar refractivity (Wildman–Crippen MR) is 105 cm³/mol. The Hall–Kier alpha value is -3.22. The molecule has 7 nitrogen and oxygen atoms in total. The molecule has 0 atom stereocenters. The summed E-state index contributed by atoms with van der Waals surface area (Å²) < 4.78 is 6.81. The van der Waals surface area contributed by atoms with Gasteiger partial charge in [0.2, 0.25) is 0 Å². The number of carbonyl (C=O) groups excluding carboxylic acids is 2. The summed E-state index contributed by atoms with van der Waals surface area (Å²) in [4.78, 5) is 33.0. The molecule has 3 aromatic rings. The van der Waals surface area contributed by atoms with Crippen molar-refractivity contribution in [2.24, 2.45) is 0 Å². The topological polar surface area (TPSA) is 86.1 Å². The number of anilines is 1. The summed E-state index contributed by atoms with van der Waals surface area (Å²) >= 11 is 0. The van der Waals surface area contributed by atoms with E-state index in [-0.39, 0.29) is 18.3 Å². The number of pyridine rings is 1.